The first-order chi connectivity index (χ1) is 6.77. The van der Waals surface area contributed by atoms with Crippen molar-refractivity contribution < 1.29 is 0 Å². The van der Waals surface area contributed by atoms with Gasteiger partial charge in [-0.3, -0.25) is 0 Å². The fourth-order valence-corrected chi connectivity index (χ4v) is 3.26. The zero-order valence-corrected chi connectivity index (χ0v) is 10.7. The maximum absolute atomic E-state index is 3.65. The SMILES string of the molecule is Brc1cc2cccc3c2c(c1Br)CC3. The Hall–Kier alpha value is -0.340. The molecule has 0 bridgehead atoms. The highest BCUT2D eigenvalue weighted by atomic mass is 79.9. The maximum Gasteiger partial charge on any atom is 0.0356 e. The molecule has 2 aromatic carbocycles. The van der Waals surface area contributed by atoms with E-state index >= 15 is 0 Å². The molecule has 0 saturated carbocycles. The summed E-state index contributed by atoms with van der Waals surface area (Å²) in [6.45, 7) is 0. The molecular formula is C12H8Br2. The predicted octanol–water partition coefficient (Wildman–Crippen LogP) is 4.46. The van der Waals surface area contributed by atoms with Crippen LogP contribution in [0.2, 0.25) is 0 Å². The molecule has 14 heavy (non-hydrogen) atoms. The van der Waals surface area contributed by atoms with E-state index in [1.54, 1.807) is 0 Å². The van der Waals surface area contributed by atoms with Crippen LogP contribution in [-0.4, -0.2) is 0 Å². The summed E-state index contributed by atoms with van der Waals surface area (Å²) in [5.41, 5.74) is 2.95. The summed E-state index contributed by atoms with van der Waals surface area (Å²) >= 11 is 7.23. The van der Waals surface area contributed by atoms with Crippen molar-refractivity contribution in [2.24, 2.45) is 0 Å². The van der Waals surface area contributed by atoms with Gasteiger partial charge in [-0.25, -0.2) is 0 Å². The monoisotopic (exact) mass is 310 g/mol. The van der Waals surface area contributed by atoms with Crippen molar-refractivity contribution in [2.75, 3.05) is 0 Å². The average molecular weight is 312 g/mol. The molecule has 1 aliphatic carbocycles. The predicted molar refractivity (Wildman–Crippen MR) is 66.8 cm³/mol. The molecule has 2 heteroatoms. The molecule has 0 nitrogen and oxygen atoms in total. The zero-order valence-electron chi connectivity index (χ0n) is 7.48. The summed E-state index contributed by atoms with van der Waals surface area (Å²) in [7, 11) is 0. The maximum atomic E-state index is 3.65. The van der Waals surface area contributed by atoms with Crippen LogP contribution >= 0.6 is 31.9 Å². The number of halogens is 2. The first-order valence-corrected chi connectivity index (χ1v) is 6.24. The van der Waals surface area contributed by atoms with Crippen molar-refractivity contribution in [3.05, 3.63) is 44.3 Å². The van der Waals surface area contributed by atoms with Crippen LogP contribution < -0.4 is 0 Å². The Balaban J connectivity index is 2.56. The third kappa shape index (κ3) is 1.10. The van der Waals surface area contributed by atoms with E-state index in [0.717, 1.165) is 6.42 Å². The van der Waals surface area contributed by atoms with E-state index in [1.807, 2.05) is 0 Å². The van der Waals surface area contributed by atoms with Gasteiger partial charge in [-0.1, -0.05) is 18.2 Å². The lowest BCUT2D eigenvalue weighted by Crippen LogP contribution is -1.83. The normalized spacial score (nSPS) is 13.9. The first-order valence-electron chi connectivity index (χ1n) is 4.66. The summed E-state index contributed by atoms with van der Waals surface area (Å²) < 4.78 is 2.40. The van der Waals surface area contributed by atoms with E-state index < -0.39 is 0 Å². The number of rotatable bonds is 0. The molecule has 2 aromatic rings. The quantitative estimate of drug-likeness (QED) is 0.673. The third-order valence-electron chi connectivity index (χ3n) is 2.89. The fraction of sp³-hybridized carbons (Fsp3) is 0.167. The van der Waals surface area contributed by atoms with Gasteiger partial charge in [-0.05, 0) is 72.7 Å². The highest BCUT2D eigenvalue weighted by Gasteiger charge is 2.18. The Kier molecular flexibility index (Phi) is 1.96. The van der Waals surface area contributed by atoms with E-state index in [9.17, 15) is 0 Å². The highest BCUT2D eigenvalue weighted by Crippen LogP contribution is 2.39. The lowest BCUT2D eigenvalue weighted by molar-refractivity contribution is 1.02. The zero-order chi connectivity index (χ0) is 9.71. The van der Waals surface area contributed by atoms with Crippen LogP contribution in [0.25, 0.3) is 10.8 Å². The number of benzene rings is 2. The molecular weight excluding hydrogens is 304 g/mol. The smallest absolute Gasteiger partial charge is 0.0356 e. The van der Waals surface area contributed by atoms with Crippen molar-refractivity contribution in [1.82, 2.24) is 0 Å². The molecule has 0 atom stereocenters. The summed E-state index contributed by atoms with van der Waals surface area (Å²) in [5, 5.41) is 2.81. The number of hydrogen-bond donors (Lipinski definition) is 0. The van der Waals surface area contributed by atoms with Crippen LogP contribution in [0.4, 0.5) is 0 Å². The van der Waals surface area contributed by atoms with E-state index in [2.05, 4.69) is 56.1 Å². The van der Waals surface area contributed by atoms with Gasteiger partial charge >= 0.3 is 0 Å². The van der Waals surface area contributed by atoms with Gasteiger partial charge in [0.1, 0.15) is 0 Å². The molecule has 0 fully saturated rings. The van der Waals surface area contributed by atoms with Gasteiger partial charge < -0.3 is 0 Å². The van der Waals surface area contributed by atoms with Crippen molar-refractivity contribution in [1.29, 1.82) is 0 Å². The second kappa shape index (κ2) is 3.07. The summed E-state index contributed by atoms with van der Waals surface area (Å²) in [5.74, 6) is 0. The first kappa shape index (κ1) is 8.93. The number of aryl methyl sites for hydroxylation is 2. The van der Waals surface area contributed by atoms with E-state index in [4.69, 9.17) is 0 Å². The molecule has 70 valence electrons. The summed E-state index contributed by atoms with van der Waals surface area (Å²) in [4.78, 5) is 0. The van der Waals surface area contributed by atoms with Gasteiger partial charge in [0.25, 0.3) is 0 Å². The molecule has 0 amide bonds. The van der Waals surface area contributed by atoms with Gasteiger partial charge in [-0.2, -0.15) is 0 Å². The molecule has 0 N–H and O–H groups in total. The molecule has 0 radical (unpaired) electrons. The van der Waals surface area contributed by atoms with Crippen LogP contribution in [0.1, 0.15) is 11.1 Å². The number of hydrogen-bond acceptors (Lipinski definition) is 0. The topological polar surface area (TPSA) is 0 Å². The van der Waals surface area contributed by atoms with Crippen LogP contribution in [0, 0.1) is 0 Å². The fourth-order valence-electron chi connectivity index (χ4n) is 2.26. The molecule has 3 rings (SSSR count). The van der Waals surface area contributed by atoms with E-state index in [1.165, 1.54) is 37.3 Å². The van der Waals surface area contributed by atoms with Crippen molar-refractivity contribution >= 4 is 42.6 Å². The molecule has 0 spiro atoms. The standard InChI is InChI=1S/C12H8Br2/c13-10-6-8-3-1-2-7-4-5-9(11(7)8)12(10)14/h1-3,6H,4-5H2. The van der Waals surface area contributed by atoms with Gasteiger partial charge in [-0.15, -0.1) is 0 Å². The van der Waals surface area contributed by atoms with Crippen LogP contribution in [0.5, 0.6) is 0 Å². The van der Waals surface area contributed by atoms with Crippen LogP contribution in [0.15, 0.2) is 33.2 Å². The average Bonchev–Trinajstić information content (AvgIpc) is 2.60. The minimum Gasteiger partial charge on any atom is -0.0614 e. The van der Waals surface area contributed by atoms with E-state index in [0.29, 0.717) is 0 Å². The van der Waals surface area contributed by atoms with Crippen molar-refractivity contribution in [2.45, 2.75) is 12.8 Å². The Morgan fingerprint density at radius 3 is 2.79 bits per heavy atom. The van der Waals surface area contributed by atoms with Gasteiger partial charge in [0.15, 0.2) is 0 Å². The lowest BCUT2D eigenvalue weighted by Gasteiger charge is -2.05. The molecule has 1 aliphatic rings. The molecule has 0 aliphatic heterocycles. The van der Waals surface area contributed by atoms with Gasteiger partial charge in [0.05, 0.1) is 0 Å². The minimum absolute atomic E-state index is 1.16. The Morgan fingerprint density at radius 1 is 1.07 bits per heavy atom. The summed E-state index contributed by atoms with van der Waals surface area (Å²) in [6, 6.07) is 8.76. The molecule has 0 saturated heterocycles. The second-order valence-electron chi connectivity index (χ2n) is 3.67. The Labute approximate surface area is 99.6 Å². The van der Waals surface area contributed by atoms with Crippen molar-refractivity contribution in [3.63, 3.8) is 0 Å². The van der Waals surface area contributed by atoms with E-state index in [-0.39, 0.29) is 0 Å². The second-order valence-corrected chi connectivity index (χ2v) is 5.31. The molecule has 0 heterocycles. The largest absolute Gasteiger partial charge is 0.0614 e. The summed E-state index contributed by atoms with van der Waals surface area (Å²) in [6.07, 6.45) is 2.34. The van der Waals surface area contributed by atoms with Gasteiger partial charge in [0, 0.05) is 8.95 Å². The van der Waals surface area contributed by atoms with Crippen LogP contribution in [-0.2, 0) is 12.8 Å². The third-order valence-corrected chi connectivity index (χ3v) is 4.95. The molecule has 0 unspecified atom stereocenters. The molecule has 0 aromatic heterocycles. The van der Waals surface area contributed by atoms with Gasteiger partial charge in [0.2, 0.25) is 0 Å². The highest BCUT2D eigenvalue weighted by molar-refractivity contribution is 9.13. The van der Waals surface area contributed by atoms with Crippen LogP contribution in [0.3, 0.4) is 0 Å². The Bertz CT molecular complexity index is 529. The Morgan fingerprint density at radius 2 is 1.93 bits per heavy atom. The van der Waals surface area contributed by atoms with Crippen molar-refractivity contribution in [3.8, 4) is 0 Å². The minimum atomic E-state index is 1.16. The lowest BCUT2D eigenvalue weighted by atomic mass is 10.1.